The largest absolute Gasteiger partial charge is 0.395 e. The van der Waals surface area contributed by atoms with Gasteiger partial charge >= 0.3 is 6.03 Å². The molecule has 3 fully saturated rings. The quantitative estimate of drug-likeness (QED) is 0.655. The third-order valence-electron chi connectivity index (χ3n) is 8.43. The molecule has 2 heterocycles. The third-order valence-corrected chi connectivity index (χ3v) is 8.43. The number of carbonyl (C=O) groups excluding carboxylic acids is 1. The van der Waals surface area contributed by atoms with Crippen molar-refractivity contribution in [1.29, 1.82) is 0 Å². The summed E-state index contributed by atoms with van der Waals surface area (Å²) in [5.41, 5.74) is 8.94. The van der Waals surface area contributed by atoms with E-state index >= 15 is 0 Å². The van der Waals surface area contributed by atoms with E-state index in [2.05, 4.69) is 41.0 Å². The summed E-state index contributed by atoms with van der Waals surface area (Å²) in [4.78, 5) is 16.6. The van der Waals surface area contributed by atoms with E-state index in [-0.39, 0.29) is 30.6 Å². The van der Waals surface area contributed by atoms with Crippen LogP contribution in [-0.4, -0.2) is 58.8 Å². The van der Waals surface area contributed by atoms with Crippen LogP contribution in [0.4, 0.5) is 4.79 Å². The van der Waals surface area contributed by atoms with Crippen molar-refractivity contribution in [1.82, 2.24) is 9.80 Å². The zero-order valence-corrected chi connectivity index (χ0v) is 20.5. The van der Waals surface area contributed by atoms with Crippen molar-refractivity contribution in [3.05, 3.63) is 71.3 Å². The Hall–Kier alpha value is -2.81. The van der Waals surface area contributed by atoms with Gasteiger partial charge in [0.15, 0.2) is 0 Å². The van der Waals surface area contributed by atoms with Crippen molar-refractivity contribution in [2.75, 3.05) is 19.7 Å². The number of aliphatic hydroxyl groups is 1. The highest BCUT2D eigenvalue weighted by Crippen LogP contribution is 2.47. The number of urea groups is 1. The zero-order valence-electron chi connectivity index (χ0n) is 20.5. The molecule has 2 amide bonds. The van der Waals surface area contributed by atoms with Crippen LogP contribution in [0.3, 0.4) is 0 Å². The van der Waals surface area contributed by atoms with Crippen molar-refractivity contribution in [3.63, 3.8) is 0 Å². The molecular formula is C30H37N3O2. The van der Waals surface area contributed by atoms with E-state index in [9.17, 15) is 9.90 Å². The first-order valence-electron chi connectivity index (χ1n) is 13.3. The first-order valence-corrected chi connectivity index (χ1v) is 13.3. The van der Waals surface area contributed by atoms with E-state index in [4.69, 9.17) is 5.73 Å². The number of aliphatic hydroxyl groups excluding tert-OH is 1. The Labute approximate surface area is 209 Å². The monoisotopic (exact) mass is 471 g/mol. The summed E-state index contributed by atoms with van der Waals surface area (Å²) in [6.07, 6.45) is 8.58. The number of rotatable bonds is 3. The second kappa shape index (κ2) is 10.8. The Bertz CT molecular complexity index is 1050. The number of primary amides is 1. The lowest BCUT2D eigenvalue weighted by atomic mass is 9.70. The summed E-state index contributed by atoms with van der Waals surface area (Å²) >= 11 is 0. The number of nitrogens with zero attached hydrogens (tertiary/aromatic N) is 2. The van der Waals surface area contributed by atoms with Crippen LogP contribution < -0.4 is 5.73 Å². The van der Waals surface area contributed by atoms with Gasteiger partial charge in [0.05, 0.1) is 6.61 Å². The van der Waals surface area contributed by atoms with Gasteiger partial charge in [-0.25, -0.2) is 4.79 Å². The molecule has 2 aliphatic heterocycles. The fourth-order valence-electron chi connectivity index (χ4n) is 6.73. The van der Waals surface area contributed by atoms with Crippen LogP contribution in [0, 0.1) is 17.8 Å². The highest BCUT2D eigenvalue weighted by atomic mass is 16.3. The molecule has 1 aliphatic carbocycles. The number of hydrogen-bond donors (Lipinski definition) is 2. The number of hydrogen-bond acceptors (Lipinski definition) is 3. The molecule has 2 aromatic carbocycles. The van der Waals surface area contributed by atoms with Crippen molar-refractivity contribution < 1.29 is 9.90 Å². The van der Waals surface area contributed by atoms with Gasteiger partial charge in [-0.05, 0) is 61.4 Å². The second-order valence-corrected chi connectivity index (χ2v) is 10.4. The SMILES string of the molecule is NC(=O)N1CCCC(C2CCCCC2)N2C(CO)C(c3ccc(C#Cc4ccccc4)cc3)C2C1. The van der Waals surface area contributed by atoms with Crippen molar-refractivity contribution in [2.24, 2.45) is 11.7 Å². The molecule has 5 nitrogen and oxygen atoms in total. The smallest absolute Gasteiger partial charge is 0.314 e. The third kappa shape index (κ3) is 5.10. The summed E-state index contributed by atoms with van der Waals surface area (Å²) < 4.78 is 0. The van der Waals surface area contributed by atoms with Crippen LogP contribution in [0.5, 0.6) is 0 Å². The minimum Gasteiger partial charge on any atom is -0.395 e. The van der Waals surface area contributed by atoms with Crippen LogP contribution in [0.25, 0.3) is 0 Å². The Morgan fingerprint density at radius 1 is 0.886 bits per heavy atom. The van der Waals surface area contributed by atoms with Crippen molar-refractivity contribution in [3.8, 4) is 11.8 Å². The summed E-state index contributed by atoms with van der Waals surface area (Å²) in [5.74, 6) is 7.35. The molecule has 5 rings (SSSR count). The van der Waals surface area contributed by atoms with Crippen LogP contribution in [-0.2, 0) is 0 Å². The summed E-state index contributed by atoms with van der Waals surface area (Å²) in [5, 5.41) is 10.5. The summed E-state index contributed by atoms with van der Waals surface area (Å²) in [7, 11) is 0. The lowest BCUT2D eigenvalue weighted by Gasteiger charge is -2.61. The minimum atomic E-state index is -0.334. The molecule has 1 saturated carbocycles. The molecule has 184 valence electrons. The van der Waals surface area contributed by atoms with Gasteiger partial charge in [0.25, 0.3) is 0 Å². The van der Waals surface area contributed by atoms with Gasteiger partial charge in [-0.1, -0.05) is 61.4 Å². The number of carbonyl (C=O) groups is 1. The van der Waals surface area contributed by atoms with Gasteiger partial charge in [0.2, 0.25) is 0 Å². The standard InChI is InChI=1S/C30H37N3O2/c31-30(35)32-19-7-12-26(24-10-5-2-6-11-24)33-27(20-32)29(28(33)21-34)25-17-15-23(16-18-25)14-13-22-8-3-1-4-9-22/h1,3-4,8-9,15-18,24,26-29,34H,2,5-7,10-12,19-21H2,(H2,31,35). The molecule has 4 atom stereocenters. The van der Waals surface area contributed by atoms with Gasteiger partial charge in [0.1, 0.15) is 0 Å². The normalized spacial score (nSPS) is 27.5. The van der Waals surface area contributed by atoms with Gasteiger partial charge in [-0.3, -0.25) is 4.90 Å². The van der Waals surface area contributed by atoms with Crippen molar-refractivity contribution in [2.45, 2.75) is 69.0 Å². The Morgan fingerprint density at radius 2 is 1.57 bits per heavy atom. The highest BCUT2D eigenvalue weighted by molar-refractivity contribution is 5.72. The maximum Gasteiger partial charge on any atom is 0.314 e. The molecule has 4 unspecified atom stereocenters. The van der Waals surface area contributed by atoms with E-state index in [0.717, 1.165) is 30.5 Å². The van der Waals surface area contributed by atoms with Gasteiger partial charge in [0, 0.05) is 48.3 Å². The molecule has 35 heavy (non-hydrogen) atoms. The molecule has 2 aromatic rings. The van der Waals surface area contributed by atoms with Crippen LogP contribution in [0.15, 0.2) is 54.6 Å². The van der Waals surface area contributed by atoms with Gasteiger partial charge in [-0.15, -0.1) is 0 Å². The zero-order chi connectivity index (χ0) is 24.2. The molecule has 5 heteroatoms. The Morgan fingerprint density at radius 3 is 2.23 bits per heavy atom. The number of nitrogens with two attached hydrogens (primary N) is 1. The topological polar surface area (TPSA) is 69.8 Å². The van der Waals surface area contributed by atoms with Gasteiger partial charge in [-0.2, -0.15) is 0 Å². The summed E-state index contributed by atoms with van der Waals surface area (Å²) in [6.45, 7) is 1.50. The van der Waals surface area contributed by atoms with E-state index in [1.807, 2.05) is 35.2 Å². The highest BCUT2D eigenvalue weighted by Gasteiger charge is 2.53. The molecule has 0 aromatic heterocycles. The van der Waals surface area contributed by atoms with Crippen LogP contribution in [0.2, 0.25) is 0 Å². The first kappa shape index (κ1) is 23.9. The first-order chi connectivity index (χ1) is 17.2. The molecule has 0 bridgehead atoms. The van der Waals surface area contributed by atoms with E-state index in [1.54, 1.807) is 0 Å². The average molecular weight is 472 g/mol. The van der Waals surface area contributed by atoms with Gasteiger partial charge < -0.3 is 15.7 Å². The number of benzene rings is 2. The summed E-state index contributed by atoms with van der Waals surface area (Å²) in [6, 6.07) is 18.9. The molecular weight excluding hydrogens is 434 g/mol. The molecule has 2 saturated heterocycles. The molecule has 0 spiro atoms. The maximum absolute atomic E-state index is 12.2. The predicted molar refractivity (Wildman–Crippen MR) is 139 cm³/mol. The Balaban J connectivity index is 1.40. The van der Waals surface area contributed by atoms with E-state index in [1.165, 1.54) is 37.7 Å². The van der Waals surface area contributed by atoms with Crippen molar-refractivity contribution >= 4 is 6.03 Å². The fraction of sp³-hybridized carbons (Fsp3) is 0.500. The van der Waals surface area contributed by atoms with Crippen LogP contribution >= 0.6 is 0 Å². The second-order valence-electron chi connectivity index (χ2n) is 10.4. The Kier molecular flexibility index (Phi) is 7.41. The predicted octanol–water partition coefficient (Wildman–Crippen LogP) is 4.34. The van der Waals surface area contributed by atoms with Crippen LogP contribution in [0.1, 0.15) is 67.6 Å². The fourth-order valence-corrected chi connectivity index (χ4v) is 6.73. The lowest BCUT2D eigenvalue weighted by Crippen LogP contribution is -2.71. The van der Waals surface area contributed by atoms with E-state index < -0.39 is 0 Å². The number of fused-ring (bicyclic) bond motifs is 1. The average Bonchev–Trinajstić information content (AvgIpc) is 2.88. The molecule has 0 radical (unpaired) electrons. The van der Waals surface area contributed by atoms with E-state index in [0.29, 0.717) is 18.5 Å². The maximum atomic E-state index is 12.2. The molecule has 3 N–H and O–H groups in total. The minimum absolute atomic E-state index is 0.0843. The molecule has 3 aliphatic rings. The number of amides is 2. The lowest BCUT2D eigenvalue weighted by molar-refractivity contribution is -0.108.